The Morgan fingerprint density at radius 3 is 1.22 bits per heavy atom. The van der Waals surface area contributed by atoms with E-state index in [0.717, 1.165) is 44.9 Å². The first-order chi connectivity index (χ1) is 24.3. The second-order valence-electron chi connectivity index (χ2n) is 14.0. The van der Waals surface area contributed by atoms with Crippen molar-refractivity contribution < 1.29 is 37.9 Å². The van der Waals surface area contributed by atoms with Crippen LogP contribution in [0.5, 0.6) is 0 Å². The highest BCUT2D eigenvalue weighted by atomic mass is 31.2. The molecule has 0 aliphatic heterocycles. The first-order valence-corrected chi connectivity index (χ1v) is 22.2. The van der Waals surface area contributed by atoms with Gasteiger partial charge in [-0.3, -0.25) is 14.1 Å². The van der Waals surface area contributed by atoms with Crippen LogP contribution in [0.1, 0.15) is 206 Å². The van der Waals surface area contributed by atoms with Gasteiger partial charge in [0.25, 0.3) is 0 Å². The zero-order chi connectivity index (χ0) is 36.8. The number of rotatable bonds is 38. The molecule has 0 saturated heterocycles. The summed E-state index contributed by atoms with van der Waals surface area (Å²) in [6.45, 7) is 3.66. The Labute approximate surface area is 307 Å². The van der Waals surface area contributed by atoms with Gasteiger partial charge in [-0.15, -0.1) is 0 Å². The van der Waals surface area contributed by atoms with E-state index in [9.17, 15) is 14.2 Å². The third-order valence-electron chi connectivity index (χ3n) is 8.94. The van der Waals surface area contributed by atoms with Crippen LogP contribution in [0.15, 0.2) is 24.3 Å². The van der Waals surface area contributed by atoms with Crippen LogP contribution in [0.2, 0.25) is 0 Å². The molecule has 8 nitrogen and oxygen atoms in total. The van der Waals surface area contributed by atoms with Gasteiger partial charge in [0.15, 0.2) is 6.10 Å². The van der Waals surface area contributed by atoms with Crippen LogP contribution in [-0.2, 0) is 28.2 Å². The third kappa shape index (κ3) is 39.3. The van der Waals surface area contributed by atoms with Crippen molar-refractivity contribution in [3.63, 3.8) is 0 Å². The van der Waals surface area contributed by atoms with Crippen LogP contribution < -0.4 is 0 Å². The number of phosphoric ester groups is 1. The Bertz CT molecular complexity index is 869. The standard InChI is InChI=1S/C41H77O8P/c1-3-5-7-9-11-13-15-17-19-20-22-23-25-27-29-31-33-35-40(42)47-37-39(38-48-50(44,45)46)49-41(43)36-34-32-30-28-26-24-21-18-16-14-12-10-8-6-4-2/h13-16,39H,3-12,17-38H2,1-2H3,(H2,44,45,46)/b15-13+,16-14+/t39-/m1/s1. The van der Waals surface area contributed by atoms with Gasteiger partial charge in [-0.2, -0.15) is 0 Å². The molecule has 0 radical (unpaired) electrons. The topological polar surface area (TPSA) is 119 Å². The van der Waals surface area contributed by atoms with E-state index in [1.807, 2.05) is 0 Å². The van der Waals surface area contributed by atoms with E-state index in [1.165, 1.54) is 128 Å². The fourth-order valence-electron chi connectivity index (χ4n) is 5.83. The molecule has 0 aliphatic carbocycles. The molecule has 0 amide bonds. The Morgan fingerprint density at radius 2 is 0.840 bits per heavy atom. The predicted molar refractivity (Wildman–Crippen MR) is 207 cm³/mol. The number of phosphoric acid groups is 1. The zero-order valence-electron chi connectivity index (χ0n) is 32.3. The number of hydrogen-bond donors (Lipinski definition) is 2. The minimum absolute atomic E-state index is 0.208. The van der Waals surface area contributed by atoms with Crippen LogP contribution >= 0.6 is 7.82 Å². The van der Waals surface area contributed by atoms with E-state index in [1.54, 1.807) is 0 Å². The highest BCUT2D eigenvalue weighted by Gasteiger charge is 2.22. The number of carbonyl (C=O) groups is 2. The number of hydrogen-bond acceptors (Lipinski definition) is 6. The van der Waals surface area contributed by atoms with Gasteiger partial charge in [-0.05, 0) is 64.2 Å². The summed E-state index contributed by atoms with van der Waals surface area (Å²) in [4.78, 5) is 42.8. The second-order valence-corrected chi connectivity index (χ2v) is 15.2. The summed E-state index contributed by atoms with van der Waals surface area (Å²) in [5.41, 5.74) is 0. The van der Waals surface area contributed by atoms with Crippen molar-refractivity contribution in [2.45, 2.75) is 213 Å². The summed E-state index contributed by atoms with van der Waals surface area (Å²) in [7, 11) is -4.75. The molecule has 9 heteroatoms. The van der Waals surface area contributed by atoms with E-state index in [0.29, 0.717) is 6.42 Å². The lowest BCUT2D eigenvalue weighted by molar-refractivity contribution is -0.161. The summed E-state index contributed by atoms with van der Waals surface area (Å²) >= 11 is 0. The van der Waals surface area contributed by atoms with Gasteiger partial charge in [-0.25, -0.2) is 4.57 Å². The number of carbonyl (C=O) groups excluding carboxylic acids is 2. The van der Waals surface area contributed by atoms with Crippen molar-refractivity contribution in [3.8, 4) is 0 Å². The van der Waals surface area contributed by atoms with Crippen LogP contribution in [0.25, 0.3) is 0 Å². The van der Waals surface area contributed by atoms with E-state index < -0.39 is 32.5 Å². The van der Waals surface area contributed by atoms with Crippen LogP contribution in [0.4, 0.5) is 0 Å². The fourth-order valence-corrected chi connectivity index (χ4v) is 6.19. The smallest absolute Gasteiger partial charge is 0.462 e. The van der Waals surface area contributed by atoms with Gasteiger partial charge in [0.2, 0.25) is 0 Å². The maximum atomic E-state index is 12.4. The molecule has 0 bridgehead atoms. The quantitative estimate of drug-likeness (QED) is 0.0279. The fraction of sp³-hybridized carbons (Fsp3) is 0.854. The first-order valence-electron chi connectivity index (χ1n) is 20.6. The van der Waals surface area contributed by atoms with E-state index in [2.05, 4.69) is 42.7 Å². The van der Waals surface area contributed by atoms with Crippen molar-refractivity contribution in [1.29, 1.82) is 0 Å². The molecule has 0 aromatic heterocycles. The molecule has 0 heterocycles. The van der Waals surface area contributed by atoms with Gasteiger partial charge in [0, 0.05) is 12.8 Å². The van der Waals surface area contributed by atoms with Crippen molar-refractivity contribution in [3.05, 3.63) is 24.3 Å². The Hall–Kier alpha value is -1.47. The zero-order valence-corrected chi connectivity index (χ0v) is 33.2. The van der Waals surface area contributed by atoms with E-state index in [-0.39, 0.29) is 19.4 Å². The third-order valence-corrected chi connectivity index (χ3v) is 9.43. The van der Waals surface area contributed by atoms with Crippen LogP contribution in [0.3, 0.4) is 0 Å². The maximum Gasteiger partial charge on any atom is 0.469 e. The average molecular weight is 729 g/mol. The summed E-state index contributed by atoms with van der Waals surface area (Å²) in [6.07, 6.45) is 41.8. The molecule has 50 heavy (non-hydrogen) atoms. The van der Waals surface area contributed by atoms with Gasteiger partial charge < -0.3 is 19.3 Å². The SMILES string of the molecule is CCCCCC/C=C/CCCCCCCCCCCC(=O)OC[C@H](COP(=O)(O)O)OC(=O)CCCCCCCCC/C=C/CCCCCC. The monoisotopic (exact) mass is 729 g/mol. The molecule has 0 unspecified atom stereocenters. The highest BCUT2D eigenvalue weighted by Crippen LogP contribution is 2.36. The highest BCUT2D eigenvalue weighted by molar-refractivity contribution is 7.46. The average Bonchev–Trinajstić information content (AvgIpc) is 3.08. The summed E-state index contributed by atoms with van der Waals surface area (Å²) < 4.78 is 26.4. The van der Waals surface area contributed by atoms with Crippen LogP contribution in [-0.4, -0.2) is 41.0 Å². The Morgan fingerprint density at radius 1 is 0.500 bits per heavy atom. The van der Waals surface area contributed by atoms with Gasteiger partial charge >= 0.3 is 19.8 Å². The molecule has 0 saturated carbocycles. The summed E-state index contributed by atoms with van der Waals surface area (Å²) in [5, 5.41) is 0. The molecule has 0 spiro atoms. The lowest BCUT2D eigenvalue weighted by Crippen LogP contribution is -2.29. The van der Waals surface area contributed by atoms with Crippen LogP contribution in [0, 0.1) is 0 Å². The molecule has 294 valence electrons. The van der Waals surface area contributed by atoms with E-state index >= 15 is 0 Å². The first kappa shape index (κ1) is 48.5. The van der Waals surface area contributed by atoms with Crippen molar-refractivity contribution in [2.24, 2.45) is 0 Å². The van der Waals surface area contributed by atoms with Crippen molar-refractivity contribution >= 4 is 19.8 Å². The number of ether oxygens (including phenoxy) is 2. The second kappa shape index (κ2) is 37.3. The number of esters is 2. The Balaban J connectivity index is 3.91. The molecule has 0 aromatic rings. The predicted octanol–water partition coefficient (Wildman–Crippen LogP) is 12.4. The summed E-state index contributed by atoms with van der Waals surface area (Å²) in [6, 6.07) is 0. The molecule has 2 N–H and O–H groups in total. The maximum absolute atomic E-state index is 12.4. The lowest BCUT2D eigenvalue weighted by atomic mass is 10.1. The number of allylic oxidation sites excluding steroid dienone is 4. The molecule has 0 rings (SSSR count). The molecule has 0 aromatic carbocycles. The molecular weight excluding hydrogens is 651 g/mol. The minimum Gasteiger partial charge on any atom is -0.462 e. The molecule has 1 atom stereocenters. The minimum atomic E-state index is -4.75. The van der Waals surface area contributed by atoms with E-state index in [4.69, 9.17) is 19.3 Å². The lowest BCUT2D eigenvalue weighted by Gasteiger charge is -2.18. The Kier molecular flexibility index (Phi) is 36.2. The van der Waals surface area contributed by atoms with Gasteiger partial charge in [0.1, 0.15) is 6.61 Å². The van der Waals surface area contributed by atoms with Crippen molar-refractivity contribution in [1.82, 2.24) is 0 Å². The molecule has 0 fully saturated rings. The normalized spacial score (nSPS) is 12.6. The van der Waals surface area contributed by atoms with Gasteiger partial charge in [0.05, 0.1) is 6.61 Å². The molecular formula is C41H77O8P. The van der Waals surface area contributed by atoms with Gasteiger partial charge in [-0.1, -0.05) is 154 Å². The van der Waals surface area contributed by atoms with Crippen molar-refractivity contribution in [2.75, 3.05) is 13.2 Å². The number of unbranched alkanes of at least 4 members (excludes halogenated alkanes) is 24. The summed E-state index contributed by atoms with van der Waals surface area (Å²) in [5.74, 6) is -0.887. The molecule has 0 aliphatic rings. The largest absolute Gasteiger partial charge is 0.469 e.